The van der Waals surface area contributed by atoms with Crippen LogP contribution in [0.3, 0.4) is 0 Å². The van der Waals surface area contributed by atoms with Crippen LogP contribution in [-0.4, -0.2) is 129 Å². The van der Waals surface area contributed by atoms with Gasteiger partial charge in [0.05, 0.1) is 83.8 Å². The van der Waals surface area contributed by atoms with Crippen LogP contribution in [0, 0.1) is 0 Å². The van der Waals surface area contributed by atoms with Gasteiger partial charge in [-0.2, -0.15) is 0 Å². The molecule has 0 saturated carbocycles. The van der Waals surface area contributed by atoms with E-state index in [0.29, 0.717) is 0 Å². The summed E-state index contributed by atoms with van der Waals surface area (Å²) in [5, 5.41) is 12.4. The molecule has 1 N–H and O–H groups in total. The summed E-state index contributed by atoms with van der Waals surface area (Å²) in [6.07, 6.45) is -18.0. The van der Waals surface area contributed by atoms with Crippen molar-refractivity contribution in [2.24, 2.45) is 0 Å². The summed E-state index contributed by atoms with van der Waals surface area (Å²) in [5.41, 5.74) is 7.34. The Labute approximate surface area is 618 Å². The molecule has 0 aliphatic carbocycles. The van der Waals surface area contributed by atoms with E-state index in [2.05, 4.69) is 0 Å². The van der Waals surface area contributed by atoms with Crippen LogP contribution in [0.2, 0.25) is 0 Å². The standard InChI is InChI=1S/C88H88O18/c89-84(70-47-27-9-28-48-70)105-77-74(61-101-87-82(98-57-68-43-23-7-24-44-68)79(96-55-66-39-19-5-20-40-66)75(93-52-63-33-13-2-14-34-63)72(103-87)59-92-51-62-31-11-1-12-32-62)104-88(83(99-58-69-45-25-8-26-46-69)80(77)106-85(90)71-49-29-10-30-50-71)100-60-73-76(94-53-64-35-15-3-16-36-64)78(95-54-65-37-17-4-18-38-65)81(86(91)102-73)97-56-67-41-21-6-22-42-67/h1-50,72-83,86-88,91H,51-61H2/t72-,73-,74-,75-,76-,77-,78+,79+,80+,81-,82-,83-,86+,87+,88+/m1/s1. The van der Waals surface area contributed by atoms with Crippen molar-refractivity contribution in [2.45, 2.75) is 145 Å². The summed E-state index contributed by atoms with van der Waals surface area (Å²) in [6, 6.07) is 94.5. The number of hydrogen-bond acceptors (Lipinski definition) is 18. The molecule has 0 amide bonds. The Kier molecular flexibility index (Phi) is 27.7. The lowest BCUT2D eigenvalue weighted by molar-refractivity contribution is -0.354. The van der Waals surface area contributed by atoms with Crippen LogP contribution < -0.4 is 0 Å². The van der Waals surface area contributed by atoms with E-state index in [0.717, 1.165) is 44.5 Å². The highest BCUT2D eigenvalue weighted by Crippen LogP contribution is 2.37. The third-order valence-electron chi connectivity index (χ3n) is 18.5. The van der Waals surface area contributed by atoms with Crippen molar-refractivity contribution >= 4 is 11.9 Å². The number of hydrogen-bond donors (Lipinski definition) is 1. The van der Waals surface area contributed by atoms with Gasteiger partial charge < -0.3 is 76.2 Å². The number of aliphatic hydroxyl groups excluding tert-OH is 1. The van der Waals surface area contributed by atoms with Gasteiger partial charge in [0.2, 0.25) is 0 Å². The number of carbonyl (C=O) groups excluding carboxylic acids is 2. The molecule has 0 spiro atoms. The molecule has 13 rings (SSSR count). The Bertz CT molecular complexity index is 4150. The second kappa shape index (κ2) is 39.3. The van der Waals surface area contributed by atoms with E-state index >= 15 is 4.79 Å². The number of esters is 2. The van der Waals surface area contributed by atoms with Gasteiger partial charge in [0.15, 0.2) is 31.1 Å². The quantitative estimate of drug-likeness (QED) is 0.0368. The van der Waals surface area contributed by atoms with E-state index in [4.69, 9.17) is 71.1 Å². The molecule has 0 unspecified atom stereocenters. The summed E-state index contributed by atoms with van der Waals surface area (Å²) in [5.74, 6) is -1.53. The molecular formula is C88H88O18. The minimum absolute atomic E-state index is 0.0158. The second-order valence-corrected chi connectivity index (χ2v) is 26.1. The molecule has 548 valence electrons. The smallest absolute Gasteiger partial charge is 0.338 e. The molecule has 3 saturated heterocycles. The Balaban J connectivity index is 0.889. The molecule has 15 atom stereocenters. The van der Waals surface area contributed by atoms with Gasteiger partial charge in [-0.25, -0.2) is 9.59 Å². The van der Waals surface area contributed by atoms with Crippen molar-refractivity contribution in [3.8, 4) is 0 Å². The molecule has 0 radical (unpaired) electrons. The lowest BCUT2D eigenvalue weighted by Gasteiger charge is -2.48. The molecule has 10 aromatic rings. The number of ether oxygens (including phenoxy) is 15. The lowest BCUT2D eigenvalue weighted by atomic mass is 9.96. The number of carbonyl (C=O) groups is 2. The zero-order valence-electron chi connectivity index (χ0n) is 58.7. The first-order chi connectivity index (χ1) is 52.3. The molecule has 3 fully saturated rings. The third kappa shape index (κ3) is 21.2. The van der Waals surface area contributed by atoms with Crippen LogP contribution in [0.4, 0.5) is 0 Å². The van der Waals surface area contributed by atoms with Crippen LogP contribution in [0.25, 0.3) is 0 Å². The Hall–Kier alpha value is -9.42. The Morgan fingerprint density at radius 1 is 0.245 bits per heavy atom. The van der Waals surface area contributed by atoms with E-state index in [1.807, 2.05) is 243 Å². The van der Waals surface area contributed by atoms with E-state index in [1.165, 1.54) is 0 Å². The number of benzene rings is 10. The van der Waals surface area contributed by atoms with Gasteiger partial charge >= 0.3 is 11.9 Å². The first-order valence-electron chi connectivity index (χ1n) is 35.9. The molecule has 18 nitrogen and oxygen atoms in total. The minimum atomic E-state index is -1.58. The largest absolute Gasteiger partial charge is 0.452 e. The minimum Gasteiger partial charge on any atom is -0.452 e. The molecule has 18 heteroatoms. The monoisotopic (exact) mass is 1430 g/mol. The van der Waals surface area contributed by atoms with Crippen molar-refractivity contribution in [1.29, 1.82) is 0 Å². The van der Waals surface area contributed by atoms with Crippen LogP contribution in [-0.2, 0) is 124 Å². The Morgan fingerprint density at radius 3 is 0.830 bits per heavy atom. The first kappa shape index (κ1) is 74.8. The SMILES string of the molecule is O=C(O[C@@H]1[C@@H](OCc2ccccc2)[C@@H](OC[C@H]2O[C@H](O)[C@H](OCc3ccccc3)[C@@H](OCc3ccccc3)[C@@H]2OCc2ccccc2)O[C@H](CO[C@H]2O[C@H](COCc3ccccc3)[C@@H](OCc3ccccc3)[C@H](OCc3ccccc3)[C@H]2OCc2ccccc2)[C@H]1OC(=O)c1ccccc1)c1ccccc1. The van der Waals surface area contributed by atoms with E-state index in [-0.39, 0.29) is 77.2 Å². The fraction of sp³-hybridized carbons (Fsp3) is 0.295. The zero-order valence-corrected chi connectivity index (χ0v) is 58.7. The van der Waals surface area contributed by atoms with Gasteiger partial charge in [-0.1, -0.05) is 279 Å². The van der Waals surface area contributed by atoms with E-state index in [9.17, 15) is 9.90 Å². The zero-order chi connectivity index (χ0) is 72.3. The highest BCUT2D eigenvalue weighted by atomic mass is 16.8. The molecular weight excluding hydrogens is 1340 g/mol. The third-order valence-corrected chi connectivity index (χ3v) is 18.5. The summed E-state index contributed by atoms with van der Waals surface area (Å²) in [7, 11) is 0. The van der Waals surface area contributed by atoms with Crippen molar-refractivity contribution in [1.82, 2.24) is 0 Å². The van der Waals surface area contributed by atoms with Crippen molar-refractivity contribution < 1.29 is 85.7 Å². The molecule has 0 bridgehead atoms. The van der Waals surface area contributed by atoms with Crippen LogP contribution in [0.15, 0.2) is 303 Å². The predicted molar refractivity (Wildman–Crippen MR) is 393 cm³/mol. The average Bonchev–Trinajstić information content (AvgIpc) is 0.745. The van der Waals surface area contributed by atoms with Gasteiger partial charge in [-0.05, 0) is 68.8 Å². The maximum atomic E-state index is 15.0. The fourth-order valence-corrected chi connectivity index (χ4v) is 13.1. The van der Waals surface area contributed by atoms with Crippen molar-refractivity contribution in [3.63, 3.8) is 0 Å². The van der Waals surface area contributed by atoms with Gasteiger partial charge in [0.1, 0.15) is 61.0 Å². The van der Waals surface area contributed by atoms with Gasteiger partial charge in [0.25, 0.3) is 0 Å². The molecule has 3 aliphatic rings. The number of rotatable bonds is 35. The van der Waals surface area contributed by atoms with E-state index < -0.39 is 111 Å². The molecule has 10 aromatic carbocycles. The lowest BCUT2D eigenvalue weighted by Crippen LogP contribution is -2.65. The predicted octanol–water partition coefficient (Wildman–Crippen LogP) is 14.0. The maximum absolute atomic E-state index is 15.0. The van der Waals surface area contributed by atoms with Crippen molar-refractivity contribution in [2.75, 3.05) is 19.8 Å². The van der Waals surface area contributed by atoms with E-state index in [1.54, 1.807) is 60.7 Å². The summed E-state index contributed by atoms with van der Waals surface area (Å²) >= 11 is 0. The van der Waals surface area contributed by atoms with Crippen LogP contribution in [0.5, 0.6) is 0 Å². The average molecular weight is 1430 g/mol. The summed E-state index contributed by atoms with van der Waals surface area (Å²) in [4.78, 5) is 30.0. The molecule has 0 aromatic heterocycles. The second-order valence-electron chi connectivity index (χ2n) is 26.1. The van der Waals surface area contributed by atoms with Gasteiger partial charge in [-0.15, -0.1) is 0 Å². The summed E-state index contributed by atoms with van der Waals surface area (Å²) < 4.78 is 104. The highest BCUT2D eigenvalue weighted by molar-refractivity contribution is 5.90. The first-order valence-corrected chi connectivity index (χ1v) is 35.9. The van der Waals surface area contributed by atoms with Crippen molar-refractivity contribution in [3.05, 3.63) is 359 Å². The van der Waals surface area contributed by atoms with Gasteiger partial charge in [0, 0.05) is 0 Å². The Morgan fingerprint density at radius 2 is 0.491 bits per heavy atom. The van der Waals surface area contributed by atoms with Crippen LogP contribution in [0.1, 0.15) is 65.2 Å². The van der Waals surface area contributed by atoms with Gasteiger partial charge in [-0.3, -0.25) is 0 Å². The maximum Gasteiger partial charge on any atom is 0.338 e. The highest BCUT2D eigenvalue weighted by Gasteiger charge is 2.56. The molecule has 106 heavy (non-hydrogen) atoms. The number of aliphatic hydroxyl groups is 1. The molecule has 3 heterocycles. The summed E-state index contributed by atoms with van der Waals surface area (Å²) in [6.45, 7) is 0.159. The molecule has 3 aliphatic heterocycles. The normalized spacial score (nSPS) is 24.4. The van der Waals surface area contributed by atoms with Crippen LogP contribution >= 0.6 is 0 Å². The topological polar surface area (TPSA) is 193 Å². The fourth-order valence-electron chi connectivity index (χ4n) is 13.1.